The van der Waals surface area contributed by atoms with Gasteiger partial charge in [-0.3, -0.25) is 4.79 Å². The van der Waals surface area contributed by atoms with Gasteiger partial charge in [0.25, 0.3) is 5.91 Å². The zero-order valence-electron chi connectivity index (χ0n) is 11.8. The van der Waals surface area contributed by atoms with Crippen LogP contribution in [0.4, 0.5) is 5.69 Å². The highest BCUT2D eigenvalue weighted by molar-refractivity contribution is 6.36. The van der Waals surface area contributed by atoms with Crippen molar-refractivity contribution < 1.29 is 14.3 Å². The minimum Gasteiger partial charge on any atom is -0.454 e. The van der Waals surface area contributed by atoms with Gasteiger partial charge in [0.05, 0.1) is 10.7 Å². The average molecular weight is 314 g/mol. The third-order valence-electron chi connectivity index (χ3n) is 3.85. The predicted molar refractivity (Wildman–Crippen MR) is 85.3 cm³/mol. The molecule has 0 radical (unpaired) electrons. The van der Waals surface area contributed by atoms with Crippen molar-refractivity contribution in [3.63, 3.8) is 0 Å². The molecule has 2 aromatic carbocycles. The molecule has 0 aromatic heterocycles. The van der Waals surface area contributed by atoms with Crippen LogP contribution in [0.5, 0.6) is 11.5 Å². The van der Waals surface area contributed by atoms with Crippen LogP contribution >= 0.6 is 11.6 Å². The van der Waals surface area contributed by atoms with Crippen molar-refractivity contribution in [1.29, 1.82) is 0 Å². The van der Waals surface area contributed by atoms with Crippen molar-refractivity contribution in [2.45, 2.75) is 0 Å². The molecule has 0 N–H and O–H groups in total. The number of carbonyl (C=O) groups excluding carboxylic acids is 1. The summed E-state index contributed by atoms with van der Waals surface area (Å²) in [4.78, 5) is 14.1. The van der Waals surface area contributed by atoms with Crippen LogP contribution in [0.1, 0.15) is 11.1 Å². The number of anilines is 1. The molecule has 110 valence electrons. The summed E-state index contributed by atoms with van der Waals surface area (Å²) in [5, 5.41) is 0.480. The molecule has 2 aliphatic rings. The van der Waals surface area contributed by atoms with Crippen LogP contribution in [0.15, 0.2) is 36.4 Å². The second-order valence-electron chi connectivity index (χ2n) is 5.18. The van der Waals surface area contributed by atoms with Gasteiger partial charge in [-0.15, -0.1) is 0 Å². The molecule has 0 unspecified atom stereocenters. The summed E-state index contributed by atoms with van der Waals surface area (Å²) >= 11 is 6.20. The van der Waals surface area contributed by atoms with Gasteiger partial charge in [0.1, 0.15) is 0 Å². The van der Waals surface area contributed by atoms with Crippen molar-refractivity contribution >= 4 is 34.8 Å². The van der Waals surface area contributed by atoms with Crippen molar-refractivity contribution in [2.75, 3.05) is 18.7 Å². The molecule has 0 atom stereocenters. The van der Waals surface area contributed by atoms with Gasteiger partial charge in [-0.1, -0.05) is 29.8 Å². The SMILES string of the molecule is CN1C(=O)/C(=C\c2cc(Cl)c3c(c2)OCO3)c2ccccc21. The first-order valence-electron chi connectivity index (χ1n) is 6.83. The van der Waals surface area contributed by atoms with Crippen molar-refractivity contribution in [2.24, 2.45) is 0 Å². The van der Waals surface area contributed by atoms with Gasteiger partial charge < -0.3 is 14.4 Å². The van der Waals surface area contributed by atoms with Crippen molar-refractivity contribution in [1.82, 2.24) is 0 Å². The molecule has 0 spiro atoms. The Morgan fingerprint density at radius 1 is 1.23 bits per heavy atom. The highest BCUT2D eigenvalue weighted by Gasteiger charge is 2.29. The fraction of sp³-hybridized carbons (Fsp3) is 0.118. The minimum absolute atomic E-state index is 0.0324. The lowest BCUT2D eigenvalue weighted by Crippen LogP contribution is -2.20. The van der Waals surface area contributed by atoms with E-state index in [0.29, 0.717) is 22.1 Å². The summed E-state index contributed by atoms with van der Waals surface area (Å²) in [6.45, 7) is 0.166. The zero-order valence-corrected chi connectivity index (χ0v) is 12.6. The van der Waals surface area contributed by atoms with Gasteiger partial charge in [0, 0.05) is 18.2 Å². The lowest BCUT2D eigenvalue weighted by molar-refractivity contribution is -0.112. The number of ether oxygens (including phenoxy) is 2. The maximum Gasteiger partial charge on any atom is 0.258 e. The van der Waals surface area contributed by atoms with Gasteiger partial charge in [-0.2, -0.15) is 0 Å². The number of benzene rings is 2. The molecule has 22 heavy (non-hydrogen) atoms. The first-order chi connectivity index (χ1) is 10.6. The summed E-state index contributed by atoms with van der Waals surface area (Å²) in [5.74, 6) is 1.13. The Kier molecular flexibility index (Phi) is 2.87. The summed E-state index contributed by atoms with van der Waals surface area (Å²) in [6.07, 6.45) is 1.83. The monoisotopic (exact) mass is 313 g/mol. The Hall–Kier alpha value is -2.46. The topological polar surface area (TPSA) is 38.8 Å². The number of para-hydroxylation sites is 1. The van der Waals surface area contributed by atoms with Crippen molar-refractivity contribution in [3.8, 4) is 11.5 Å². The quantitative estimate of drug-likeness (QED) is 0.755. The fourth-order valence-electron chi connectivity index (χ4n) is 2.78. The second kappa shape index (κ2) is 4.78. The molecule has 1 amide bonds. The van der Waals surface area contributed by atoms with Crippen LogP contribution in [0.25, 0.3) is 11.6 Å². The molecule has 4 rings (SSSR count). The van der Waals surface area contributed by atoms with Crippen LogP contribution in [-0.4, -0.2) is 19.7 Å². The van der Waals surface area contributed by atoms with Gasteiger partial charge in [-0.05, 0) is 29.8 Å². The zero-order chi connectivity index (χ0) is 15.3. The maximum atomic E-state index is 12.5. The van der Waals surface area contributed by atoms with E-state index in [0.717, 1.165) is 16.8 Å². The fourth-order valence-corrected chi connectivity index (χ4v) is 3.05. The molecule has 0 bridgehead atoms. The summed E-state index contributed by atoms with van der Waals surface area (Å²) < 4.78 is 10.7. The van der Waals surface area contributed by atoms with E-state index in [1.807, 2.05) is 36.4 Å². The molecule has 2 heterocycles. The largest absolute Gasteiger partial charge is 0.454 e. The number of fused-ring (bicyclic) bond motifs is 2. The van der Waals surface area contributed by atoms with Crippen LogP contribution in [0, 0.1) is 0 Å². The van der Waals surface area contributed by atoms with Crippen LogP contribution in [0.3, 0.4) is 0 Å². The summed E-state index contributed by atoms with van der Waals surface area (Å²) in [6, 6.07) is 11.3. The van der Waals surface area contributed by atoms with E-state index >= 15 is 0 Å². The molecule has 4 nitrogen and oxygen atoms in total. The molecular formula is C17H12ClNO3. The molecule has 5 heteroatoms. The Morgan fingerprint density at radius 2 is 2.05 bits per heavy atom. The van der Waals surface area contributed by atoms with Crippen LogP contribution in [-0.2, 0) is 4.79 Å². The first-order valence-corrected chi connectivity index (χ1v) is 7.21. The Morgan fingerprint density at radius 3 is 2.91 bits per heavy atom. The number of hydrogen-bond donors (Lipinski definition) is 0. The number of carbonyl (C=O) groups is 1. The number of nitrogens with zero attached hydrogens (tertiary/aromatic N) is 1. The minimum atomic E-state index is -0.0324. The van der Waals surface area contributed by atoms with Gasteiger partial charge in [0.2, 0.25) is 6.79 Å². The summed E-state index contributed by atoms with van der Waals surface area (Å²) in [5.41, 5.74) is 3.28. The Labute approximate surface area is 132 Å². The number of likely N-dealkylation sites (N-methyl/N-ethyl adjacent to an activating group) is 1. The predicted octanol–water partition coefficient (Wildman–Crippen LogP) is 3.59. The highest BCUT2D eigenvalue weighted by Crippen LogP contribution is 2.42. The Balaban J connectivity index is 1.84. The number of amides is 1. The van der Waals surface area contributed by atoms with E-state index in [1.165, 1.54) is 0 Å². The number of halogens is 1. The number of hydrogen-bond acceptors (Lipinski definition) is 3. The molecule has 2 aliphatic heterocycles. The third-order valence-corrected chi connectivity index (χ3v) is 4.13. The third kappa shape index (κ3) is 1.88. The molecule has 0 aliphatic carbocycles. The highest BCUT2D eigenvalue weighted by atomic mass is 35.5. The Bertz CT molecular complexity index is 829. The smallest absolute Gasteiger partial charge is 0.258 e. The molecule has 0 fully saturated rings. The van der Waals surface area contributed by atoms with E-state index < -0.39 is 0 Å². The van der Waals surface area contributed by atoms with Gasteiger partial charge in [0.15, 0.2) is 11.5 Å². The van der Waals surface area contributed by atoms with E-state index in [4.69, 9.17) is 21.1 Å². The van der Waals surface area contributed by atoms with E-state index in [1.54, 1.807) is 18.0 Å². The lowest BCUT2D eigenvalue weighted by atomic mass is 10.0. The van der Waals surface area contributed by atoms with E-state index in [9.17, 15) is 4.79 Å². The van der Waals surface area contributed by atoms with Gasteiger partial charge in [-0.25, -0.2) is 0 Å². The second-order valence-corrected chi connectivity index (χ2v) is 5.58. The summed E-state index contributed by atoms with van der Waals surface area (Å²) in [7, 11) is 1.77. The molecule has 2 aromatic rings. The van der Waals surface area contributed by atoms with Gasteiger partial charge >= 0.3 is 0 Å². The standard InChI is InChI=1S/C17H12ClNO3/c1-19-14-5-3-2-4-11(14)12(17(19)20)6-10-7-13(18)16-15(8-10)21-9-22-16/h2-8H,9H2,1H3/b12-6-. The van der Waals surface area contributed by atoms with Crippen LogP contribution < -0.4 is 14.4 Å². The number of rotatable bonds is 1. The molecule has 0 saturated heterocycles. The molecule has 0 saturated carbocycles. The average Bonchev–Trinajstić information content (AvgIpc) is 3.08. The van der Waals surface area contributed by atoms with Crippen molar-refractivity contribution in [3.05, 3.63) is 52.5 Å². The lowest BCUT2D eigenvalue weighted by Gasteiger charge is -2.08. The molecular weight excluding hydrogens is 302 g/mol. The van der Waals surface area contributed by atoms with E-state index in [-0.39, 0.29) is 12.7 Å². The first kappa shape index (κ1) is 13.2. The normalized spacial score (nSPS) is 17.3. The van der Waals surface area contributed by atoms with E-state index in [2.05, 4.69) is 0 Å². The maximum absolute atomic E-state index is 12.5. The van der Waals surface area contributed by atoms with Crippen LogP contribution in [0.2, 0.25) is 5.02 Å².